The van der Waals surface area contributed by atoms with Gasteiger partial charge in [-0.2, -0.15) is 0 Å². The fraction of sp³-hybridized carbons (Fsp3) is 0.304. The zero-order valence-corrected chi connectivity index (χ0v) is 15.1. The van der Waals surface area contributed by atoms with Gasteiger partial charge in [0.15, 0.2) is 11.6 Å². The van der Waals surface area contributed by atoms with Crippen molar-refractivity contribution in [2.75, 3.05) is 6.61 Å². The molecule has 3 fully saturated rings. The molecule has 0 spiro atoms. The Kier molecular flexibility index (Phi) is 3.40. The number of hydrogen-bond acceptors (Lipinski definition) is 5. The van der Waals surface area contributed by atoms with E-state index in [-0.39, 0.29) is 35.5 Å². The maximum Gasteiger partial charge on any atom is 0.218 e. The minimum absolute atomic E-state index is 0.0314. The predicted molar refractivity (Wildman–Crippen MR) is 101 cm³/mol. The van der Waals surface area contributed by atoms with E-state index in [1.54, 1.807) is 0 Å². The summed E-state index contributed by atoms with van der Waals surface area (Å²) in [5.41, 5.74) is 2.86. The maximum absolute atomic E-state index is 13.6. The molecule has 4 aliphatic rings. The average Bonchev–Trinajstić information content (AvgIpc) is 3.33. The van der Waals surface area contributed by atoms with Crippen molar-refractivity contribution in [3.63, 3.8) is 0 Å². The highest BCUT2D eigenvalue weighted by atomic mass is 16.7. The van der Waals surface area contributed by atoms with Gasteiger partial charge in [0.2, 0.25) is 6.29 Å². The largest absolute Gasteiger partial charge is 0.359 e. The Hall–Kier alpha value is -2.76. The van der Waals surface area contributed by atoms with E-state index in [1.807, 2.05) is 54.7 Å². The Bertz CT molecular complexity index is 1000. The van der Waals surface area contributed by atoms with E-state index in [9.17, 15) is 9.59 Å². The Balaban J connectivity index is 1.52. The van der Waals surface area contributed by atoms with Crippen LogP contribution in [0.2, 0.25) is 0 Å². The molecule has 2 bridgehead atoms. The first-order valence-corrected chi connectivity index (χ1v) is 9.68. The third-order valence-electron chi connectivity index (χ3n) is 6.53. The number of fused-ring (bicyclic) bond motifs is 8. The van der Waals surface area contributed by atoms with Gasteiger partial charge in [-0.3, -0.25) is 9.59 Å². The first-order valence-electron chi connectivity index (χ1n) is 9.68. The molecule has 3 saturated heterocycles. The average molecular weight is 373 g/mol. The molecular weight excluding hydrogens is 354 g/mol. The van der Waals surface area contributed by atoms with Crippen LogP contribution in [0.15, 0.2) is 60.8 Å². The number of hydrogen-bond donors (Lipinski definition) is 0. The molecule has 140 valence electrons. The number of carbonyl (C=O) groups is 2. The Morgan fingerprint density at radius 1 is 1.04 bits per heavy atom. The molecule has 2 aromatic rings. The van der Waals surface area contributed by atoms with Crippen molar-refractivity contribution in [1.29, 1.82) is 0 Å². The van der Waals surface area contributed by atoms with Crippen molar-refractivity contribution >= 4 is 17.6 Å². The molecule has 4 heterocycles. The minimum Gasteiger partial charge on any atom is -0.359 e. The first-order chi connectivity index (χ1) is 13.7. The second-order valence-electron chi connectivity index (χ2n) is 7.86. The van der Waals surface area contributed by atoms with Crippen molar-refractivity contribution in [2.45, 2.75) is 24.5 Å². The zero-order chi connectivity index (χ0) is 18.8. The van der Waals surface area contributed by atoms with Crippen LogP contribution in [0.3, 0.4) is 0 Å². The summed E-state index contributed by atoms with van der Waals surface area (Å²) in [7, 11) is 0. The standard InChI is InChI=1S/C23H19NO4/c25-21(14-7-2-1-3-8-14)20-17-16-12-27-23(28-16)22(26)18(17)19-15-9-5-4-6-13(15)10-11-24(19)20/h1-11,16-20,23H,12H2/t16-,17-,18-,19-,20-,23+/m1/s1. The lowest BCUT2D eigenvalue weighted by Crippen LogP contribution is -2.48. The summed E-state index contributed by atoms with van der Waals surface area (Å²) in [5.74, 6) is -0.541. The molecule has 0 amide bonds. The maximum atomic E-state index is 13.6. The van der Waals surface area contributed by atoms with Crippen LogP contribution < -0.4 is 0 Å². The Morgan fingerprint density at radius 2 is 1.82 bits per heavy atom. The van der Waals surface area contributed by atoms with Gasteiger partial charge in [-0.1, -0.05) is 54.6 Å². The Labute approximate surface area is 162 Å². The van der Waals surface area contributed by atoms with Gasteiger partial charge >= 0.3 is 0 Å². The van der Waals surface area contributed by atoms with Crippen LogP contribution in [0.4, 0.5) is 0 Å². The number of rotatable bonds is 2. The molecule has 6 atom stereocenters. The molecule has 0 N–H and O–H groups in total. The van der Waals surface area contributed by atoms with Crippen LogP contribution in [0, 0.1) is 11.8 Å². The number of ketones is 2. The molecule has 0 unspecified atom stereocenters. The van der Waals surface area contributed by atoms with Crippen molar-refractivity contribution < 1.29 is 19.1 Å². The number of Topliss-reactive ketones (excluding diaryl/α,β-unsaturated/α-hetero) is 2. The molecule has 0 aliphatic carbocycles. The van der Waals surface area contributed by atoms with E-state index in [0.29, 0.717) is 12.2 Å². The second-order valence-corrected chi connectivity index (χ2v) is 7.86. The van der Waals surface area contributed by atoms with E-state index in [1.165, 1.54) is 0 Å². The summed E-state index contributed by atoms with van der Waals surface area (Å²) in [4.78, 5) is 28.9. The normalized spacial score (nSPS) is 34.7. The quantitative estimate of drug-likeness (QED) is 0.758. The van der Waals surface area contributed by atoms with Crippen LogP contribution >= 0.6 is 0 Å². The molecule has 5 heteroatoms. The van der Waals surface area contributed by atoms with Gasteiger partial charge in [0.05, 0.1) is 30.7 Å². The van der Waals surface area contributed by atoms with Gasteiger partial charge in [0.25, 0.3) is 0 Å². The van der Waals surface area contributed by atoms with Gasteiger partial charge in [-0.05, 0) is 17.2 Å². The number of carbonyl (C=O) groups excluding carboxylic acids is 2. The lowest BCUT2D eigenvalue weighted by atomic mass is 9.75. The Morgan fingerprint density at radius 3 is 2.68 bits per heavy atom. The summed E-state index contributed by atoms with van der Waals surface area (Å²) in [6.07, 6.45) is 2.99. The monoisotopic (exact) mass is 373 g/mol. The molecule has 0 aromatic heterocycles. The smallest absolute Gasteiger partial charge is 0.218 e. The number of benzene rings is 2. The summed E-state index contributed by atoms with van der Waals surface area (Å²) in [5, 5.41) is 0. The van der Waals surface area contributed by atoms with Crippen LogP contribution in [-0.4, -0.2) is 41.5 Å². The van der Waals surface area contributed by atoms with Crippen LogP contribution in [-0.2, 0) is 14.3 Å². The molecule has 5 nitrogen and oxygen atoms in total. The first kappa shape index (κ1) is 16.2. The zero-order valence-electron chi connectivity index (χ0n) is 15.1. The highest BCUT2D eigenvalue weighted by molar-refractivity contribution is 6.02. The molecule has 4 aliphatic heterocycles. The summed E-state index contributed by atoms with van der Waals surface area (Å²) < 4.78 is 11.5. The third-order valence-corrected chi connectivity index (χ3v) is 6.53. The molecule has 2 aromatic carbocycles. The van der Waals surface area contributed by atoms with Crippen LogP contribution in [0.1, 0.15) is 27.5 Å². The topological polar surface area (TPSA) is 55.8 Å². The lowest BCUT2D eigenvalue weighted by Gasteiger charge is -2.34. The highest BCUT2D eigenvalue weighted by Gasteiger charge is 2.63. The fourth-order valence-electron chi connectivity index (χ4n) is 5.39. The van der Waals surface area contributed by atoms with Gasteiger partial charge < -0.3 is 14.4 Å². The van der Waals surface area contributed by atoms with Gasteiger partial charge in [-0.25, -0.2) is 0 Å². The highest BCUT2D eigenvalue weighted by Crippen LogP contribution is 2.54. The van der Waals surface area contributed by atoms with Crippen LogP contribution in [0.25, 0.3) is 6.08 Å². The van der Waals surface area contributed by atoms with Gasteiger partial charge in [0, 0.05) is 17.7 Å². The minimum atomic E-state index is -0.795. The summed E-state index contributed by atoms with van der Waals surface area (Å²) >= 11 is 0. The van der Waals surface area contributed by atoms with Gasteiger partial charge in [-0.15, -0.1) is 0 Å². The summed E-state index contributed by atoms with van der Waals surface area (Å²) in [6.45, 7) is 0.363. The molecule has 0 saturated carbocycles. The second kappa shape index (κ2) is 5.87. The number of nitrogens with zero attached hydrogens (tertiary/aromatic N) is 1. The third kappa shape index (κ3) is 2.09. The fourth-order valence-corrected chi connectivity index (χ4v) is 5.39. The van der Waals surface area contributed by atoms with Crippen molar-refractivity contribution in [3.05, 3.63) is 77.5 Å². The SMILES string of the molecule is O=C1[C@H]2OC[C@@H](O2)[C@@H]2[C@@H]1[C@H]1c3ccccc3C=CN1[C@H]2C(=O)c1ccccc1. The van der Waals surface area contributed by atoms with Gasteiger partial charge in [0.1, 0.15) is 0 Å². The number of ether oxygens (including phenoxy) is 2. The molecule has 0 radical (unpaired) electrons. The van der Waals surface area contributed by atoms with E-state index in [2.05, 4.69) is 17.0 Å². The van der Waals surface area contributed by atoms with E-state index in [0.717, 1.165) is 11.1 Å². The van der Waals surface area contributed by atoms with E-state index < -0.39 is 12.3 Å². The lowest BCUT2D eigenvalue weighted by molar-refractivity contribution is -0.164. The van der Waals surface area contributed by atoms with E-state index in [4.69, 9.17) is 9.47 Å². The van der Waals surface area contributed by atoms with Crippen molar-refractivity contribution in [3.8, 4) is 0 Å². The molecule has 28 heavy (non-hydrogen) atoms. The van der Waals surface area contributed by atoms with Crippen molar-refractivity contribution in [2.24, 2.45) is 11.8 Å². The molecular formula is C23H19NO4. The summed E-state index contributed by atoms with van der Waals surface area (Å²) in [6, 6.07) is 16.8. The molecule has 6 rings (SSSR count). The van der Waals surface area contributed by atoms with E-state index >= 15 is 0 Å². The predicted octanol–water partition coefficient (Wildman–Crippen LogP) is 2.84. The van der Waals surface area contributed by atoms with Crippen LogP contribution in [0.5, 0.6) is 0 Å². The van der Waals surface area contributed by atoms with Crippen molar-refractivity contribution in [1.82, 2.24) is 4.90 Å².